The third-order valence-electron chi connectivity index (χ3n) is 4.89. The van der Waals surface area contributed by atoms with Crippen LogP contribution in [0.5, 0.6) is 0 Å². The van der Waals surface area contributed by atoms with E-state index in [1.54, 1.807) is 12.1 Å². The Kier molecular flexibility index (Phi) is 4.99. The lowest BCUT2D eigenvalue weighted by atomic mass is 10.1. The third-order valence-corrected chi connectivity index (χ3v) is 5.65. The standard InChI is InChI=1S/C19H20N4O4S/c24-16(20-13-7-8-13)12-5-3-11(4-6-12)14-10-28-18(21-14)22-17(25)15-2-1-9-23(15)19(26)27/h3-6,10,13,15H,1-2,7-9H2,(H,20,24)(H,26,27)(H,21,22,25)/t15-/m0/s1. The quantitative estimate of drug-likeness (QED) is 0.715. The van der Waals surface area contributed by atoms with Gasteiger partial charge in [-0.2, -0.15) is 0 Å². The highest BCUT2D eigenvalue weighted by Gasteiger charge is 2.34. The van der Waals surface area contributed by atoms with Gasteiger partial charge in [-0.1, -0.05) is 12.1 Å². The number of carbonyl (C=O) groups excluding carboxylic acids is 2. The van der Waals surface area contributed by atoms with Crippen LogP contribution in [-0.4, -0.2) is 51.5 Å². The number of likely N-dealkylation sites (tertiary alicyclic amines) is 1. The molecule has 0 spiro atoms. The number of nitrogens with one attached hydrogen (secondary N) is 2. The monoisotopic (exact) mass is 400 g/mol. The predicted octanol–water partition coefficient (Wildman–Crippen LogP) is 2.78. The maximum Gasteiger partial charge on any atom is 0.407 e. The molecule has 2 fully saturated rings. The van der Waals surface area contributed by atoms with Crippen LogP contribution in [0.1, 0.15) is 36.0 Å². The zero-order chi connectivity index (χ0) is 19.7. The van der Waals surface area contributed by atoms with Crippen molar-refractivity contribution in [3.05, 3.63) is 35.2 Å². The molecule has 1 aliphatic carbocycles. The molecule has 146 valence electrons. The second kappa shape index (κ2) is 7.59. The topological polar surface area (TPSA) is 112 Å². The van der Waals surface area contributed by atoms with Gasteiger partial charge in [0.1, 0.15) is 6.04 Å². The summed E-state index contributed by atoms with van der Waals surface area (Å²) < 4.78 is 0. The summed E-state index contributed by atoms with van der Waals surface area (Å²) in [6, 6.07) is 6.81. The van der Waals surface area contributed by atoms with Crippen LogP contribution in [0.25, 0.3) is 11.3 Å². The second-order valence-corrected chi connectivity index (χ2v) is 7.84. The molecule has 1 aromatic heterocycles. The zero-order valence-corrected chi connectivity index (χ0v) is 15.9. The van der Waals surface area contributed by atoms with Gasteiger partial charge in [0.05, 0.1) is 5.69 Å². The van der Waals surface area contributed by atoms with Gasteiger partial charge in [0, 0.05) is 29.1 Å². The highest BCUT2D eigenvalue weighted by Crippen LogP contribution is 2.27. The van der Waals surface area contributed by atoms with Gasteiger partial charge >= 0.3 is 6.09 Å². The number of amides is 3. The minimum Gasteiger partial charge on any atom is -0.465 e. The van der Waals surface area contributed by atoms with Crippen molar-refractivity contribution >= 4 is 34.4 Å². The maximum atomic E-state index is 12.4. The molecule has 1 aromatic carbocycles. The van der Waals surface area contributed by atoms with Gasteiger partial charge in [-0.25, -0.2) is 9.78 Å². The van der Waals surface area contributed by atoms with Crippen LogP contribution in [0.4, 0.5) is 9.93 Å². The summed E-state index contributed by atoms with van der Waals surface area (Å²) in [7, 11) is 0. The summed E-state index contributed by atoms with van der Waals surface area (Å²) in [6.45, 7) is 0.372. The number of hydrogen-bond donors (Lipinski definition) is 3. The average molecular weight is 400 g/mol. The van der Waals surface area contributed by atoms with Crippen molar-refractivity contribution in [2.45, 2.75) is 37.8 Å². The number of aromatic nitrogens is 1. The third kappa shape index (κ3) is 3.99. The molecular weight excluding hydrogens is 380 g/mol. The summed E-state index contributed by atoms with van der Waals surface area (Å²) >= 11 is 1.28. The van der Waals surface area contributed by atoms with Gasteiger partial charge < -0.3 is 15.7 Å². The number of rotatable bonds is 5. The molecule has 2 aromatic rings. The van der Waals surface area contributed by atoms with E-state index in [1.165, 1.54) is 11.3 Å². The number of anilines is 1. The van der Waals surface area contributed by atoms with Gasteiger partial charge in [0.2, 0.25) is 5.91 Å². The molecule has 0 radical (unpaired) electrons. The number of benzene rings is 1. The zero-order valence-electron chi connectivity index (χ0n) is 15.1. The van der Waals surface area contributed by atoms with Gasteiger partial charge in [0.25, 0.3) is 5.91 Å². The van der Waals surface area contributed by atoms with E-state index in [0.717, 1.165) is 23.3 Å². The summed E-state index contributed by atoms with van der Waals surface area (Å²) in [5.74, 6) is -0.423. The second-order valence-electron chi connectivity index (χ2n) is 6.99. The van der Waals surface area contributed by atoms with Crippen molar-refractivity contribution in [2.24, 2.45) is 0 Å². The normalized spacial score (nSPS) is 18.7. The molecule has 1 saturated heterocycles. The van der Waals surface area contributed by atoms with Crippen LogP contribution < -0.4 is 10.6 Å². The van der Waals surface area contributed by atoms with E-state index in [9.17, 15) is 14.4 Å². The first kappa shape index (κ1) is 18.4. The Morgan fingerprint density at radius 1 is 1.14 bits per heavy atom. The van der Waals surface area contributed by atoms with E-state index in [-0.39, 0.29) is 11.8 Å². The Bertz CT molecular complexity index is 907. The molecule has 0 bridgehead atoms. The summed E-state index contributed by atoms with van der Waals surface area (Å²) in [5, 5.41) is 17.1. The summed E-state index contributed by atoms with van der Waals surface area (Å²) in [6.07, 6.45) is 2.20. The SMILES string of the molecule is O=C(NC1CC1)c1ccc(-c2csc(NC(=O)[C@@H]3CCCN3C(=O)O)n2)cc1. The van der Waals surface area contributed by atoms with Crippen molar-refractivity contribution in [1.82, 2.24) is 15.2 Å². The smallest absolute Gasteiger partial charge is 0.407 e. The van der Waals surface area contributed by atoms with Crippen LogP contribution >= 0.6 is 11.3 Å². The lowest BCUT2D eigenvalue weighted by molar-refractivity contribution is -0.119. The van der Waals surface area contributed by atoms with Crippen LogP contribution in [0, 0.1) is 0 Å². The molecule has 9 heteroatoms. The minimum absolute atomic E-state index is 0.0696. The molecule has 1 saturated carbocycles. The van der Waals surface area contributed by atoms with Gasteiger partial charge in [0.15, 0.2) is 5.13 Å². The highest BCUT2D eigenvalue weighted by atomic mass is 32.1. The molecular formula is C19H20N4O4S. The van der Waals surface area contributed by atoms with E-state index in [4.69, 9.17) is 5.11 Å². The minimum atomic E-state index is -1.08. The van der Waals surface area contributed by atoms with Gasteiger partial charge in [-0.3, -0.25) is 14.5 Å². The fraction of sp³-hybridized carbons (Fsp3) is 0.368. The van der Waals surface area contributed by atoms with E-state index in [2.05, 4.69) is 15.6 Å². The Balaban J connectivity index is 1.40. The Morgan fingerprint density at radius 2 is 1.89 bits per heavy atom. The number of nitrogens with zero attached hydrogens (tertiary/aromatic N) is 2. The first-order valence-electron chi connectivity index (χ1n) is 9.18. The van der Waals surface area contributed by atoms with E-state index < -0.39 is 12.1 Å². The van der Waals surface area contributed by atoms with Crippen LogP contribution in [-0.2, 0) is 4.79 Å². The first-order valence-corrected chi connectivity index (χ1v) is 10.1. The lowest BCUT2D eigenvalue weighted by Gasteiger charge is -2.19. The first-order chi connectivity index (χ1) is 13.5. The van der Waals surface area contributed by atoms with Crippen molar-refractivity contribution in [3.63, 3.8) is 0 Å². The van der Waals surface area contributed by atoms with Crippen molar-refractivity contribution in [1.29, 1.82) is 0 Å². The van der Waals surface area contributed by atoms with Crippen LogP contribution in [0.15, 0.2) is 29.6 Å². The molecule has 3 N–H and O–H groups in total. The fourth-order valence-corrected chi connectivity index (χ4v) is 3.93. The molecule has 8 nitrogen and oxygen atoms in total. The summed E-state index contributed by atoms with van der Waals surface area (Å²) in [4.78, 5) is 41.2. The van der Waals surface area contributed by atoms with Crippen molar-refractivity contribution in [2.75, 3.05) is 11.9 Å². The van der Waals surface area contributed by atoms with E-state index >= 15 is 0 Å². The summed E-state index contributed by atoms with van der Waals surface area (Å²) in [5.41, 5.74) is 2.14. The van der Waals surface area contributed by atoms with Crippen molar-refractivity contribution < 1.29 is 19.5 Å². The average Bonchev–Trinajstić information content (AvgIpc) is 3.18. The highest BCUT2D eigenvalue weighted by molar-refractivity contribution is 7.14. The fourth-order valence-electron chi connectivity index (χ4n) is 3.21. The molecule has 2 heterocycles. The van der Waals surface area contributed by atoms with Crippen molar-refractivity contribution in [3.8, 4) is 11.3 Å². The van der Waals surface area contributed by atoms with Crippen LogP contribution in [0.2, 0.25) is 0 Å². The maximum absolute atomic E-state index is 12.4. The predicted molar refractivity (Wildman–Crippen MR) is 104 cm³/mol. The number of carbonyl (C=O) groups is 3. The molecule has 4 rings (SSSR count). The Hall–Kier alpha value is -2.94. The molecule has 3 amide bonds. The largest absolute Gasteiger partial charge is 0.465 e. The Morgan fingerprint density at radius 3 is 2.57 bits per heavy atom. The van der Waals surface area contributed by atoms with Gasteiger partial charge in [-0.05, 0) is 37.8 Å². The number of thiazole rings is 1. The van der Waals surface area contributed by atoms with Crippen LogP contribution in [0.3, 0.4) is 0 Å². The molecule has 2 aliphatic rings. The molecule has 1 atom stereocenters. The molecule has 1 aliphatic heterocycles. The number of hydrogen-bond acceptors (Lipinski definition) is 5. The van der Waals surface area contributed by atoms with E-state index in [0.29, 0.717) is 41.8 Å². The lowest BCUT2D eigenvalue weighted by Crippen LogP contribution is -2.42. The van der Waals surface area contributed by atoms with Gasteiger partial charge in [-0.15, -0.1) is 11.3 Å². The van der Waals surface area contributed by atoms with E-state index in [1.807, 2.05) is 17.5 Å². The Labute approximate surface area is 165 Å². The molecule has 28 heavy (non-hydrogen) atoms. The number of carboxylic acid groups (broad SMARTS) is 1. The molecule has 0 unspecified atom stereocenters.